The van der Waals surface area contributed by atoms with Gasteiger partial charge < -0.3 is 5.73 Å². The van der Waals surface area contributed by atoms with Crippen molar-refractivity contribution in [1.29, 1.82) is 0 Å². The lowest BCUT2D eigenvalue weighted by Crippen LogP contribution is -2.48. The van der Waals surface area contributed by atoms with Gasteiger partial charge in [-0.1, -0.05) is 18.2 Å². The van der Waals surface area contributed by atoms with Crippen LogP contribution in [-0.2, 0) is 6.42 Å². The Labute approximate surface area is 100 Å². The first kappa shape index (κ1) is 12.5. The zero-order valence-corrected chi connectivity index (χ0v) is 9.78. The predicted octanol–water partition coefficient (Wildman–Crippen LogP) is 1.74. The van der Waals surface area contributed by atoms with Gasteiger partial charge in [-0.25, -0.2) is 8.78 Å². The van der Waals surface area contributed by atoms with Crippen LogP contribution in [-0.4, -0.2) is 36.7 Å². The van der Waals surface area contributed by atoms with E-state index in [1.54, 1.807) is 12.1 Å². The number of halogens is 2. The molecule has 1 aromatic carbocycles. The monoisotopic (exact) mass is 240 g/mol. The van der Waals surface area contributed by atoms with Crippen molar-refractivity contribution in [3.63, 3.8) is 0 Å². The minimum atomic E-state index is -0.954. The Bertz CT molecular complexity index is 370. The van der Waals surface area contributed by atoms with Gasteiger partial charge in [-0.15, -0.1) is 0 Å². The summed E-state index contributed by atoms with van der Waals surface area (Å²) >= 11 is 0. The molecular formula is C13H18F2N2. The summed E-state index contributed by atoms with van der Waals surface area (Å²) in [5.74, 6) is -0.182. The fourth-order valence-electron chi connectivity index (χ4n) is 2.17. The molecule has 0 radical (unpaired) electrons. The molecule has 1 aliphatic heterocycles. The van der Waals surface area contributed by atoms with Crippen LogP contribution in [0, 0.1) is 5.82 Å². The van der Waals surface area contributed by atoms with E-state index in [1.165, 1.54) is 6.07 Å². The highest BCUT2D eigenvalue weighted by atomic mass is 19.1. The summed E-state index contributed by atoms with van der Waals surface area (Å²) in [5, 5.41) is 0. The van der Waals surface area contributed by atoms with Gasteiger partial charge in [0.15, 0.2) is 0 Å². The van der Waals surface area contributed by atoms with Gasteiger partial charge in [0.1, 0.15) is 12.0 Å². The maximum Gasteiger partial charge on any atom is 0.128 e. The second-order valence-corrected chi connectivity index (χ2v) is 4.61. The molecule has 1 aliphatic rings. The summed E-state index contributed by atoms with van der Waals surface area (Å²) in [7, 11) is 0. The molecule has 1 saturated heterocycles. The van der Waals surface area contributed by atoms with E-state index in [0.717, 1.165) is 6.54 Å². The molecule has 0 spiro atoms. The Kier molecular flexibility index (Phi) is 4.07. The van der Waals surface area contributed by atoms with Gasteiger partial charge in [-0.05, 0) is 31.0 Å². The third kappa shape index (κ3) is 3.23. The van der Waals surface area contributed by atoms with E-state index >= 15 is 0 Å². The number of piperidine rings is 1. The van der Waals surface area contributed by atoms with Crippen LogP contribution in [0.5, 0.6) is 0 Å². The first-order chi connectivity index (χ1) is 8.16. The van der Waals surface area contributed by atoms with E-state index in [4.69, 9.17) is 5.73 Å². The molecule has 1 aromatic rings. The summed E-state index contributed by atoms with van der Waals surface area (Å²) in [6.45, 7) is 1.86. The zero-order chi connectivity index (χ0) is 12.3. The number of rotatable bonds is 3. The van der Waals surface area contributed by atoms with Crippen LogP contribution in [0.2, 0.25) is 0 Å². The molecule has 1 fully saturated rings. The fraction of sp³-hybridized carbons (Fsp3) is 0.538. The molecule has 2 N–H and O–H groups in total. The van der Waals surface area contributed by atoms with Crippen LogP contribution in [0.4, 0.5) is 8.78 Å². The van der Waals surface area contributed by atoms with E-state index in [1.807, 2.05) is 11.0 Å². The van der Waals surface area contributed by atoms with Gasteiger partial charge in [0.25, 0.3) is 0 Å². The summed E-state index contributed by atoms with van der Waals surface area (Å²) < 4.78 is 26.8. The normalized spacial score (nSPS) is 26.1. The molecule has 94 valence electrons. The van der Waals surface area contributed by atoms with Gasteiger partial charge in [0.2, 0.25) is 0 Å². The van der Waals surface area contributed by atoms with Crippen LogP contribution in [0.1, 0.15) is 12.0 Å². The molecule has 2 rings (SSSR count). The summed E-state index contributed by atoms with van der Waals surface area (Å²) in [4.78, 5) is 2.01. The molecule has 4 heteroatoms. The Morgan fingerprint density at radius 2 is 2.12 bits per heavy atom. The molecule has 1 heterocycles. The van der Waals surface area contributed by atoms with Crippen molar-refractivity contribution in [2.75, 3.05) is 19.6 Å². The number of likely N-dealkylation sites (tertiary alicyclic amines) is 1. The van der Waals surface area contributed by atoms with Crippen LogP contribution in [0.15, 0.2) is 24.3 Å². The van der Waals surface area contributed by atoms with Crippen molar-refractivity contribution in [1.82, 2.24) is 4.90 Å². The van der Waals surface area contributed by atoms with Crippen molar-refractivity contribution in [3.05, 3.63) is 35.6 Å². The Balaban J connectivity index is 1.85. The molecule has 2 atom stereocenters. The summed E-state index contributed by atoms with van der Waals surface area (Å²) in [6, 6.07) is 6.40. The molecule has 0 aliphatic carbocycles. The molecule has 0 aromatic heterocycles. The molecule has 2 nitrogen and oxygen atoms in total. The lowest BCUT2D eigenvalue weighted by molar-refractivity contribution is 0.120. The second-order valence-electron chi connectivity index (χ2n) is 4.61. The maximum absolute atomic E-state index is 13.4. The minimum absolute atomic E-state index is 0.182. The van der Waals surface area contributed by atoms with Crippen LogP contribution in [0.25, 0.3) is 0 Å². The smallest absolute Gasteiger partial charge is 0.128 e. The average Bonchev–Trinajstić information content (AvgIpc) is 2.32. The van der Waals surface area contributed by atoms with E-state index < -0.39 is 6.17 Å². The number of nitrogens with zero attached hydrogens (tertiary/aromatic N) is 1. The molecule has 0 bridgehead atoms. The summed E-state index contributed by atoms with van der Waals surface area (Å²) in [6.07, 6.45) is 0.344. The Morgan fingerprint density at radius 1 is 1.35 bits per heavy atom. The highest BCUT2D eigenvalue weighted by Gasteiger charge is 2.25. The van der Waals surface area contributed by atoms with Crippen LogP contribution < -0.4 is 5.73 Å². The lowest BCUT2D eigenvalue weighted by atomic mass is 10.0. The first-order valence-electron chi connectivity index (χ1n) is 6.02. The second kappa shape index (κ2) is 5.56. The van der Waals surface area contributed by atoms with E-state index in [-0.39, 0.29) is 11.9 Å². The Morgan fingerprint density at radius 3 is 2.82 bits per heavy atom. The fourth-order valence-corrected chi connectivity index (χ4v) is 2.17. The Hall–Kier alpha value is -1.00. The number of hydrogen-bond acceptors (Lipinski definition) is 2. The highest BCUT2D eigenvalue weighted by Crippen LogP contribution is 2.14. The number of hydrogen-bond donors (Lipinski definition) is 1. The number of nitrogens with two attached hydrogens (primary N) is 1. The summed E-state index contributed by atoms with van der Waals surface area (Å²) in [5.41, 5.74) is 6.30. The van der Waals surface area contributed by atoms with E-state index in [0.29, 0.717) is 31.5 Å². The molecule has 17 heavy (non-hydrogen) atoms. The van der Waals surface area contributed by atoms with Crippen LogP contribution >= 0.6 is 0 Å². The van der Waals surface area contributed by atoms with Gasteiger partial charge >= 0.3 is 0 Å². The van der Waals surface area contributed by atoms with E-state index in [2.05, 4.69) is 0 Å². The molecule has 2 unspecified atom stereocenters. The van der Waals surface area contributed by atoms with Crippen molar-refractivity contribution in [3.8, 4) is 0 Å². The van der Waals surface area contributed by atoms with Gasteiger partial charge in [0, 0.05) is 19.1 Å². The predicted molar refractivity (Wildman–Crippen MR) is 64.0 cm³/mol. The van der Waals surface area contributed by atoms with Gasteiger partial charge in [-0.3, -0.25) is 4.90 Å². The number of alkyl halides is 1. The molecule has 0 amide bonds. The quantitative estimate of drug-likeness (QED) is 0.872. The van der Waals surface area contributed by atoms with Crippen molar-refractivity contribution in [2.24, 2.45) is 5.73 Å². The largest absolute Gasteiger partial charge is 0.325 e. The van der Waals surface area contributed by atoms with Gasteiger partial charge in [0.05, 0.1) is 0 Å². The van der Waals surface area contributed by atoms with Crippen molar-refractivity contribution in [2.45, 2.75) is 25.1 Å². The van der Waals surface area contributed by atoms with Crippen LogP contribution in [0.3, 0.4) is 0 Å². The SMILES string of the molecule is NC1CCN(CCc2ccccc2F)CC1F. The number of benzene rings is 1. The van der Waals surface area contributed by atoms with E-state index in [9.17, 15) is 8.78 Å². The molecule has 0 saturated carbocycles. The topological polar surface area (TPSA) is 29.3 Å². The maximum atomic E-state index is 13.4. The third-order valence-corrected chi connectivity index (χ3v) is 3.33. The first-order valence-corrected chi connectivity index (χ1v) is 6.02. The van der Waals surface area contributed by atoms with Gasteiger partial charge in [-0.2, -0.15) is 0 Å². The van der Waals surface area contributed by atoms with Crippen molar-refractivity contribution < 1.29 is 8.78 Å². The lowest BCUT2D eigenvalue weighted by Gasteiger charge is -2.32. The highest BCUT2D eigenvalue weighted by molar-refractivity contribution is 5.17. The zero-order valence-electron chi connectivity index (χ0n) is 9.78. The third-order valence-electron chi connectivity index (χ3n) is 3.33. The molecular weight excluding hydrogens is 222 g/mol. The minimum Gasteiger partial charge on any atom is -0.325 e. The average molecular weight is 240 g/mol. The standard InChI is InChI=1S/C13H18F2N2/c14-11-4-2-1-3-10(11)5-7-17-8-6-13(16)12(15)9-17/h1-4,12-13H,5-9,16H2. The van der Waals surface area contributed by atoms with Crippen molar-refractivity contribution >= 4 is 0 Å².